The molecule has 0 aliphatic heterocycles. The minimum atomic E-state index is -3.66. The van der Waals surface area contributed by atoms with Crippen molar-refractivity contribution in [3.05, 3.63) is 21.8 Å². The maximum absolute atomic E-state index is 11.5. The number of rotatable bonds is 3. The Labute approximate surface area is 108 Å². The molecule has 0 saturated heterocycles. The molecule has 7 heteroatoms. The van der Waals surface area contributed by atoms with E-state index in [1.54, 1.807) is 0 Å². The van der Waals surface area contributed by atoms with Crippen LogP contribution in [0, 0.1) is 0 Å². The van der Waals surface area contributed by atoms with Crippen molar-refractivity contribution in [1.82, 2.24) is 4.98 Å². The molecule has 1 heterocycles. The van der Waals surface area contributed by atoms with Crippen LogP contribution in [0.4, 0.5) is 0 Å². The minimum Gasteiger partial charge on any atom is -0.478 e. The fourth-order valence-corrected chi connectivity index (χ4v) is 2.91. The highest BCUT2D eigenvalue weighted by atomic mass is 79.9. The first-order valence-corrected chi connectivity index (χ1v) is 7.46. The fourth-order valence-electron chi connectivity index (χ4n) is 1.33. The number of pyridine rings is 1. The summed E-state index contributed by atoms with van der Waals surface area (Å²) in [6.07, 6.45) is 0.944. The Morgan fingerprint density at radius 1 is 1.47 bits per heavy atom. The molecule has 1 aromatic heterocycles. The number of hydrogen-bond acceptors (Lipinski definition) is 4. The quantitative estimate of drug-likeness (QED) is 0.921. The van der Waals surface area contributed by atoms with Crippen molar-refractivity contribution in [2.24, 2.45) is 0 Å². The molecule has 1 aromatic rings. The lowest BCUT2D eigenvalue weighted by molar-refractivity contribution is 0.0691. The van der Waals surface area contributed by atoms with E-state index in [1.165, 1.54) is 6.07 Å². The average Bonchev–Trinajstić information content (AvgIpc) is 2.14. The van der Waals surface area contributed by atoms with Gasteiger partial charge in [0.2, 0.25) is 0 Å². The van der Waals surface area contributed by atoms with Crippen molar-refractivity contribution >= 4 is 31.7 Å². The highest BCUT2D eigenvalue weighted by Crippen LogP contribution is 2.27. The molecule has 0 radical (unpaired) electrons. The van der Waals surface area contributed by atoms with Crippen LogP contribution in [-0.4, -0.2) is 30.7 Å². The monoisotopic (exact) mass is 321 g/mol. The van der Waals surface area contributed by atoms with Gasteiger partial charge in [0.15, 0.2) is 14.9 Å². The molecule has 0 aliphatic carbocycles. The highest BCUT2D eigenvalue weighted by molar-refractivity contribution is 9.10. The van der Waals surface area contributed by atoms with Gasteiger partial charge in [-0.15, -0.1) is 0 Å². The molecule has 0 fully saturated rings. The van der Waals surface area contributed by atoms with Gasteiger partial charge in [0.1, 0.15) is 0 Å². The van der Waals surface area contributed by atoms with Crippen molar-refractivity contribution in [3.8, 4) is 0 Å². The third kappa shape index (κ3) is 3.04. The molecule has 0 saturated carbocycles. The average molecular weight is 322 g/mol. The lowest BCUT2D eigenvalue weighted by Crippen LogP contribution is -2.12. The summed E-state index contributed by atoms with van der Waals surface area (Å²) in [4.78, 5) is 14.9. The minimum absolute atomic E-state index is 0.00674. The maximum Gasteiger partial charge on any atom is 0.338 e. The van der Waals surface area contributed by atoms with Gasteiger partial charge in [-0.05, 0) is 27.9 Å². The molecule has 1 rings (SSSR count). The van der Waals surface area contributed by atoms with E-state index < -0.39 is 20.8 Å². The van der Waals surface area contributed by atoms with Gasteiger partial charge in [0.05, 0.1) is 11.3 Å². The van der Waals surface area contributed by atoms with E-state index in [0.29, 0.717) is 10.2 Å². The van der Waals surface area contributed by atoms with Crippen LogP contribution >= 0.6 is 15.9 Å². The number of aromatic carboxylic acids is 1. The van der Waals surface area contributed by atoms with Gasteiger partial charge in [-0.25, -0.2) is 18.2 Å². The number of carbonyl (C=O) groups is 1. The van der Waals surface area contributed by atoms with Crippen molar-refractivity contribution in [2.75, 3.05) is 6.26 Å². The van der Waals surface area contributed by atoms with Gasteiger partial charge in [-0.2, -0.15) is 0 Å². The number of hydrogen-bond donors (Lipinski definition) is 1. The standard InChI is InChI=1S/C10H12BrNO4S/c1-5(2)8-7(11)4-6(10(13)14)9(12-8)17(3,15)16/h4-5H,1-3H3,(H,13,14). The lowest BCUT2D eigenvalue weighted by atomic mass is 10.1. The molecular weight excluding hydrogens is 310 g/mol. The van der Waals surface area contributed by atoms with Gasteiger partial charge < -0.3 is 5.11 Å². The second kappa shape index (κ2) is 4.73. The SMILES string of the molecule is CC(C)c1nc(S(C)(=O)=O)c(C(=O)O)cc1Br. The highest BCUT2D eigenvalue weighted by Gasteiger charge is 2.23. The van der Waals surface area contributed by atoms with Gasteiger partial charge >= 0.3 is 5.97 Å². The molecule has 5 nitrogen and oxygen atoms in total. The zero-order valence-corrected chi connectivity index (χ0v) is 12.0. The summed E-state index contributed by atoms with van der Waals surface area (Å²) in [5.41, 5.74) is 0.208. The van der Waals surface area contributed by atoms with E-state index >= 15 is 0 Å². The summed E-state index contributed by atoms with van der Waals surface area (Å²) in [6, 6.07) is 1.28. The molecule has 0 atom stereocenters. The summed E-state index contributed by atoms with van der Waals surface area (Å²) < 4.78 is 23.5. The first-order valence-electron chi connectivity index (χ1n) is 4.78. The third-order valence-electron chi connectivity index (χ3n) is 2.10. The Kier molecular flexibility index (Phi) is 3.93. The van der Waals surface area contributed by atoms with Crippen molar-refractivity contribution < 1.29 is 18.3 Å². The first kappa shape index (κ1) is 14.1. The predicted octanol–water partition coefficient (Wildman–Crippen LogP) is 2.07. The van der Waals surface area contributed by atoms with Gasteiger partial charge in [0.25, 0.3) is 0 Å². The molecule has 0 amide bonds. The van der Waals surface area contributed by atoms with Crippen LogP contribution in [-0.2, 0) is 9.84 Å². The molecule has 1 N–H and O–H groups in total. The molecule has 0 aliphatic rings. The van der Waals surface area contributed by atoms with E-state index in [-0.39, 0.29) is 11.5 Å². The second-order valence-electron chi connectivity index (χ2n) is 3.94. The molecule has 0 unspecified atom stereocenters. The largest absolute Gasteiger partial charge is 0.478 e. The summed E-state index contributed by atoms with van der Waals surface area (Å²) in [7, 11) is -3.66. The van der Waals surface area contributed by atoms with Crippen molar-refractivity contribution in [1.29, 1.82) is 0 Å². The van der Waals surface area contributed by atoms with Crippen LogP contribution in [0.1, 0.15) is 35.8 Å². The number of carboxylic acids is 1. The first-order chi connectivity index (χ1) is 7.64. The van der Waals surface area contributed by atoms with E-state index in [0.717, 1.165) is 6.26 Å². The Balaban J connectivity index is 3.66. The maximum atomic E-state index is 11.5. The number of aromatic nitrogens is 1. The zero-order valence-electron chi connectivity index (χ0n) is 9.56. The van der Waals surface area contributed by atoms with Crippen LogP contribution < -0.4 is 0 Å². The van der Waals surface area contributed by atoms with Crippen LogP contribution in [0.2, 0.25) is 0 Å². The third-order valence-corrected chi connectivity index (χ3v) is 3.75. The Bertz CT molecular complexity index is 566. The number of nitrogens with zero attached hydrogens (tertiary/aromatic N) is 1. The number of carboxylic acid groups (broad SMARTS) is 1. The van der Waals surface area contributed by atoms with E-state index in [2.05, 4.69) is 20.9 Å². The molecule has 17 heavy (non-hydrogen) atoms. The Morgan fingerprint density at radius 3 is 2.35 bits per heavy atom. The van der Waals surface area contributed by atoms with E-state index in [4.69, 9.17) is 5.11 Å². The lowest BCUT2D eigenvalue weighted by Gasteiger charge is -2.11. The number of halogens is 1. The summed E-state index contributed by atoms with van der Waals surface area (Å²) in [6.45, 7) is 3.69. The smallest absolute Gasteiger partial charge is 0.338 e. The molecular formula is C10H12BrNO4S. The second-order valence-corrected chi connectivity index (χ2v) is 6.73. The molecule has 0 spiro atoms. The van der Waals surface area contributed by atoms with Crippen LogP contribution in [0.15, 0.2) is 15.6 Å². The van der Waals surface area contributed by atoms with Gasteiger partial charge in [0, 0.05) is 10.7 Å². The van der Waals surface area contributed by atoms with Gasteiger partial charge in [-0.1, -0.05) is 13.8 Å². The Morgan fingerprint density at radius 2 is 2.00 bits per heavy atom. The molecule has 94 valence electrons. The normalized spacial score (nSPS) is 11.8. The summed E-state index contributed by atoms with van der Waals surface area (Å²) in [5.74, 6) is -1.32. The summed E-state index contributed by atoms with van der Waals surface area (Å²) >= 11 is 3.20. The van der Waals surface area contributed by atoms with Gasteiger partial charge in [-0.3, -0.25) is 0 Å². The fraction of sp³-hybridized carbons (Fsp3) is 0.400. The number of sulfone groups is 1. The summed E-state index contributed by atoms with van der Waals surface area (Å²) in [5, 5.41) is 8.57. The van der Waals surface area contributed by atoms with Crippen LogP contribution in [0.5, 0.6) is 0 Å². The Hall–Kier alpha value is -0.950. The molecule has 0 bridgehead atoms. The molecule has 0 aromatic carbocycles. The zero-order chi connectivity index (χ0) is 13.4. The topological polar surface area (TPSA) is 84.3 Å². The predicted molar refractivity (Wildman–Crippen MR) is 66.1 cm³/mol. The van der Waals surface area contributed by atoms with Crippen molar-refractivity contribution in [3.63, 3.8) is 0 Å². The van der Waals surface area contributed by atoms with E-state index in [9.17, 15) is 13.2 Å². The van der Waals surface area contributed by atoms with Crippen molar-refractivity contribution in [2.45, 2.75) is 24.8 Å². The van der Waals surface area contributed by atoms with E-state index in [1.807, 2.05) is 13.8 Å². The van der Waals surface area contributed by atoms with Crippen LogP contribution in [0.25, 0.3) is 0 Å². The van der Waals surface area contributed by atoms with Crippen LogP contribution in [0.3, 0.4) is 0 Å².